The van der Waals surface area contributed by atoms with Crippen molar-refractivity contribution >= 4 is 31.5 Å². The Morgan fingerprint density at radius 2 is 1.89 bits per heavy atom. The van der Waals surface area contributed by atoms with Crippen molar-refractivity contribution in [2.75, 3.05) is 26.4 Å². The zero-order chi connectivity index (χ0) is 13.6. The highest BCUT2D eigenvalue weighted by Gasteiger charge is 2.32. The lowest BCUT2D eigenvalue weighted by Gasteiger charge is -2.30. The van der Waals surface area contributed by atoms with Gasteiger partial charge >= 0.3 is 8.56 Å². The second-order valence-electron chi connectivity index (χ2n) is 4.38. The van der Waals surface area contributed by atoms with Gasteiger partial charge in [-0.1, -0.05) is 11.6 Å². The zero-order valence-electron chi connectivity index (χ0n) is 11.5. The van der Waals surface area contributed by atoms with Gasteiger partial charge in [0.1, 0.15) is 0 Å². The van der Waals surface area contributed by atoms with Crippen LogP contribution in [0.2, 0.25) is 10.9 Å². The molecule has 0 amide bonds. The van der Waals surface area contributed by atoms with Gasteiger partial charge in [-0.05, 0) is 39.6 Å². The Balaban J connectivity index is 2.52. The van der Waals surface area contributed by atoms with Crippen LogP contribution in [-0.4, -0.2) is 39.9 Å². The summed E-state index contributed by atoms with van der Waals surface area (Å²) in [6.45, 7) is 8.47. The minimum Gasteiger partial charge on any atom is -0.394 e. The largest absolute Gasteiger partial charge is 0.394 e. The highest BCUT2D eigenvalue weighted by atomic mass is 35.5. The standard InChI is InChI=1S/C12H22ClNO2SSi/c1-5-15-18(4,16-6-2)10-14(3)9-11-7-8-12(13)17-11/h7-8H,5-6,9-10H2,1-4H3. The Labute approximate surface area is 120 Å². The van der Waals surface area contributed by atoms with E-state index in [0.29, 0.717) is 13.2 Å². The van der Waals surface area contributed by atoms with Crippen molar-refractivity contribution in [1.82, 2.24) is 4.90 Å². The molecule has 0 saturated carbocycles. The molecule has 0 aliphatic carbocycles. The molecule has 1 heterocycles. The summed E-state index contributed by atoms with van der Waals surface area (Å²) in [6.07, 6.45) is 0.865. The molecule has 18 heavy (non-hydrogen) atoms. The summed E-state index contributed by atoms with van der Waals surface area (Å²) in [5.74, 6) is 0. The third-order valence-electron chi connectivity index (χ3n) is 2.51. The van der Waals surface area contributed by atoms with Crippen LogP contribution in [0.1, 0.15) is 18.7 Å². The molecule has 0 bridgehead atoms. The average Bonchev–Trinajstić information content (AvgIpc) is 2.63. The first-order chi connectivity index (χ1) is 8.49. The second-order valence-corrected chi connectivity index (χ2v) is 9.34. The van der Waals surface area contributed by atoms with E-state index in [1.165, 1.54) is 4.88 Å². The first kappa shape index (κ1) is 16.1. The van der Waals surface area contributed by atoms with Crippen LogP contribution < -0.4 is 0 Å². The van der Waals surface area contributed by atoms with Crippen LogP contribution in [0, 0.1) is 0 Å². The predicted molar refractivity (Wildman–Crippen MR) is 80.5 cm³/mol. The summed E-state index contributed by atoms with van der Waals surface area (Å²) in [4.78, 5) is 3.52. The minimum absolute atomic E-state index is 0.710. The van der Waals surface area contributed by atoms with E-state index >= 15 is 0 Å². The lowest BCUT2D eigenvalue weighted by atomic mass is 10.4. The zero-order valence-corrected chi connectivity index (χ0v) is 14.1. The summed E-state index contributed by atoms with van der Waals surface area (Å²) in [7, 11) is 0.0322. The topological polar surface area (TPSA) is 21.7 Å². The van der Waals surface area contributed by atoms with Crippen LogP contribution in [0.3, 0.4) is 0 Å². The van der Waals surface area contributed by atoms with Gasteiger partial charge in [-0.2, -0.15) is 0 Å². The third kappa shape index (κ3) is 5.38. The molecule has 6 heteroatoms. The van der Waals surface area contributed by atoms with E-state index in [9.17, 15) is 0 Å². The van der Waals surface area contributed by atoms with Gasteiger partial charge in [0.15, 0.2) is 0 Å². The molecule has 1 aromatic heterocycles. The monoisotopic (exact) mass is 307 g/mol. The van der Waals surface area contributed by atoms with Gasteiger partial charge < -0.3 is 8.85 Å². The van der Waals surface area contributed by atoms with Crippen LogP contribution in [0.4, 0.5) is 0 Å². The maximum atomic E-state index is 5.94. The molecule has 1 aromatic rings. The number of hydrogen-bond acceptors (Lipinski definition) is 4. The first-order valence-electron chi connectivity index (χ1n) is 6.19. The van der Waals surface area contributed by atoms with E-state index in [1.807, 2.05) is 19.9 Å². The lowest BCUT2D eigenvalue weighted by Crippen LogP contribution is -2.49. The number of hydrogen-bond donors (Lipinski definition) is 0. The third-order valence-corrected chi connectivity index (χ3v) is 6.64. The Hall–Kier alpha value is 0.0869. The minimum atomic E-state index is -2.06. The molecule has 0 aromatic carbocycles. The molecule has 0 unspecified atom stereocenters. The fourth-order valence-electron chi connectivity index (χ4n) is 1.99. The molecule has 0 spiro atoms. The van der Waals surface area contributed by atoms with Gasteiger partial charge in [-0.15, -0.1) is 11.3 Å². The molecule has 0 fully saturated rings. The van der Waals surface area contributed by atoms with Gasteiger partial charge in [0.25, 0.3) is 0 Å². The van der Waals surface area contributed by atoms with E-state index in [2.05, 4.69) is 24.6 Å². The van der Waals surface area contributed by atoms with Gasteiger partial charge in [0.05, 0.1) is 4.34 Å². The van der Waals surface area contributed by atoms with E-state index in [4.69, 9.17) is 20.5 Å². The number of nitrogens with zero attached hydrogens (tertiary/aromatic N) is 1. The van der Waals surface area contributed by atoms with Crippen LogP contribution in [0.25, 0.3) is 0 Å². The summed E-state index contributed by atoms with van der Waals surface area (Å²) in [6, 6.07) is 4.01. The molecule has 0 radical (unpaired) electrons. The maximum Gasteiger partial charge on any atom is 0.349 e. The highest BCUT2D eigenvalue weighted by molar-refractivity contribution is 7.16. The van der Waals surface area contributed by atoms with E-state index in [0.717, 1.165) is 17.0 Å². The molecule has 3 nitrogen and oxygen atoms in total. The van der Waals surface area contributed by atoms with Crippen molar-refractivity contribution in [1.29, 1.82) is 0 Å². The lowest BCUT2D eigenvalue weighted by molar-refractivity contribution is 0.170. The second kappa shape index (κ2) is 7.62. The first-order valence-corrected chi connectivity index (χ1v) is 9.91. The Morgan fingerprint density at radius 1 is 1.28 bits per heavy atom. The Bertz CT molecular complexity index is 356. The quantitative estimate of drug-likeness (QED) is 0.686. The fraction of sp³-hybridized carbons (Fsp3) is 0.667. The maximum absolute atomic E-state index is 5.94. The predicted octanol–water partition coefficient (Wildman–Crippen LogP) is 3.52. The van der Waals surface area contributed by atoms with Gasteiger partial charge in [-0.25, -0.2) is 0 Å². The van der Waals surface area contributed by atoms with E-state index < -0.39 is 8.56 Å². The van der Waals surface area contributed by atoms with Crippen molar-refractivity contribution in [2.24, 2.45) is 0 Å². The van der Waals surface area contributed by atoms with Gasteiger partial charge in [0.2, 0.25) is 0 Å². The summed E-state index contributed by atoms with van der Waals surface area (Å²) in [5, 5.41) is 0. The Morgan fingerprint density at radius 3 is 2.33 bits per heavy atom. The van der Waals surface area contributed by atoms with Crippen LogP contribution in [0.5, 0.6) is 0 Å². The van der Waals surface area contributed by atoms with Crippen molar-refractivity contribution in [3.05, 3.63) is 21.3 Å². The van der Waals surface area contributed by atoms with Crippen molar-refractivity contribution in [3.63, 3.8) is 0 Å². The number of thiophene rings is 1. The van der Waals surface area contributed by atoms with Gasteiger partial charge in [0, 0.05) is 30.8 Å². The van der Waals surface area contributed by atoms with E-state index in [-0.39, 0.29) is 0 Å². The van der Waals surface area contributed by atoms with E-state index in [1.54, 1.807) is 11.3 Å². The molecule has 0 saturated heterocycles. The molecule has 104 valence electrons. The normalized spacial score (nSPS) is 12.3. The van der Waals surface area contributed by atoms with Crippen LogP contribution in [-0.2, 0) is 15.4 Å². The smallest absolute Gasteiger partial charge is 0.349 e. The summed E-state index contributed by atoms with van der Waals surface area (Å²) >= 11 is 7.56. The Kier molecular flexibility index (Phi) is 6.83. The van der Waals surface area contributed by atoms with Crippen molar-refractivity contribution in [2.45, 2.75) is 26.9 Å². The molecule has 0 aliphatic rings. The van der Waals surface area contributed by atoms with Crippen molar-refractivity contribution in [3.8, 4) is 0 Å². The molecule has 0 aliphatic heterocycles. The fourth-order valence-corrected chi connectivity index (χ4v) is 5.74. The number of halogens is 1. The molecule has 0 atom stereocenters. The molecular weight excluding hydrogens is 286 g/mol. The average molecular weight is 308 g/mol. The summed E-state index contributed by atoms with van der Waals surface area (Å²) < 4.78 is 12.5. The molecular formula is C12H22ClNO2SSi. The highest BCUT2D eigenvalue weighted by Crippen LogP contribution is 2.22. The molecule has 0 N–H and O–H groups in total. The molecule has 1 rings (SSSR count). The number of rotatable bonds is 8. The summed E-state index contributed by atoms with van der Waals surface area (Å²) in [5.41, 5.74) is 0. The van der Waals surface area contributed by atoms with Crippen LogP contribution in [0.15, 0.2) is 12.1 Å². The van der Waals surface area contributed by atoms with Gasteiger partial charge in [-0.3, -0.25) is 4.90 Å². The SMILES string of the molecule is CCO[Si](C)(CN(C)Cc1ccc(Cl)s1)OCC. The van der Waals surface area contributed by atoms with Crippen LogP contribution >= 0.6 is 22.9 Å². The van der Waals surface area contributed by atoms with Crippen molar-refractivity contribution < 1.29 is 8.85 Å².